The summed E-state index contributed by atoms with van der Waals surface area (Å²) in [6.45, 7) is 1.46. The van der Waals surface area contributed by atoms with Gasteiger partial charge in [0, 0.05) is 25.3 Å². The number of hydrogen-bond acceptors (Lipinski definition) is 6. The molecular formula is C22H19FN6O2. The standard InChI is InChI=1S/C22H19FN6O2/c1-14-19(12-24)22(31)29(18-10-6-16(23)7-11-18)27-20(14)21(30)26-25-13-15-4-8-17(9-5-15)28(2)3/h4-11,13H,1-3H3,(H,26,30)/b25-13+. The number of aromatic nitrogens is 2. The number of carbonyl (C=O) groups is 1. The summed E-state index contributed by atoms with van der Waals surface area (Å²) < 4.78 is 14.1. The molecule has 1 aromatic heterocycles. The summed E-state index contributed by atoms with van der Waals surface area (Å²) >= 11 is 0. The molecule has 0 saturated carbocycles. The maximum atomic E-state index is 13.2. The second-order valence-corrected chi connectivity index (χ2v) is 6.84. The Hall–Kier alpha value is -4.32. The SMILES string of the molecule is Cc1c(C(=O)N/N=C/c2ccc(N(C)C)cc2)nn(-c2ccc(F)cc2)c(=O)c1C#N. The Labute approximate surface area is 177 Å². The molecule has 0 aliphatic rings. The molecular weight excluding hydrogens is 399 g/mol. The number of anilines is 1. The number of nitriles is 1. The van der Waals surface area contributed by atoms with Crippen LogP contribution in [0.2, 0.25) is 0 Å². The van der Waals surface area contributed by atoms with E-state index in [2.05, 4.69) is 15.6 Å². The van der Waals surface area contributed by atoms with Gasteiger partial charge in [0.1, 0.15) is 17.4 Å². The number of nitrogens with zero attached hydrogens (tertiary/aromatic N) is 5. The lowest BCUT2D eigenvalue weighted by molar-refractivity contribution is 0.0947. The normalized spacial score (nSPS) is 10.7. The zero-order valence-electron chi connectivity index (χ0n) is 17.1. The van der Waals surface area contributed by atoms with Crippen molar-refractivity contribution in [3.63, 3.8) is 0 Å². The molecule has 0 atom stereocenters. The maximum absolute atomic E-state index is 13.2. The van der Waals surface area contributed by atoms with Crippen LogP contribution in [0.15, 0.2) is 58.4 Å². The van der Waals surface area contributed by atoms with Gasteiger partial charge in [-0.25, -0.2) is 9.82 Å². The molecule has 8 nitrogen and oxygen atoms in total. The smallest absolute Gasteiger partial charge is 0.292 e. The minimum Gasteiger partial charge on any atom is -0.378 e. The van der Waals surface area contributed by atoms with E-state index >= 15 is 0 Å². The molecule has 156 valence electrons. The number of amides is 1. The zero-order valence-corrected chi connectivity index (χ0v) is 17.1. The molecule has 0 radical (unpaired) electrons. The number of carbonyl (C=O) groups excluding carboxylic acids is 1. The average molecular weight is 418 g/mol. The van der Waals surface area contributed by atoms with Gasteiger partial charge in [-0.1, -0.05) is 12.1 Å². The van der Waals surface area contributed by atoms with E-state index in [0.717, 1.165) is 28.1 Å². The van der Waals surface area contributed by atoms with Crippen LogP contribution in [0.3, 0.4) is 0 Å². The molecule has 0 aliphatic carbocycles. The number of rotatable bonds is 5. The van der Waals surface area contributed by atoms with Gasteiger partial charge in [-0.15, -0.1) is 0 Å². The van der Waals surface area contributed by atoms with Gasteiger partial charge in [0.2, 0.25) is 0 Å². The fraction of sp³-hybridized carbons (Fsp3) is 0.136. The first-order valence-electron chi connectivity index (χ1n) is 9.22. The second-order valence-electron chi connectivity index (χ2n) is 6.84. The molecule has 3 aromatic rings. The molecule has 0 spiro atoms. The fourth-order valence-corrected chi connectivity index (χ4v) is 2.79. The van der Waals surface area contributed by atoms with Crippen molar-refractivity contribution >= 4 is 17.8 Å². The van der Waals surface area contributed by atoms with Crippen LogP contribution in [-0.2, 0) is 0 Å². The molecule has 1 amide bonds. The summed E-state index contributed by atoms with van der Waals surface area (Å²) in [5.74, 6) is -1.18. The summed E-state index contributed by atoms with van der Waals surface area (Å²) in [7, 11) is 3.86. The van der Waals surface area contributed by atoms with E-state index in [1.165, 1.54) is 25.3 Å². The summed E-state index contributed by atoms with van der Waals surface area (Å²) in [5, 5.41) is 17.4. The number of hydrazone groups is 1. The Morgan fingerprint density at radius 3 is 2.42 bits per heavy atom. The molecule has 0 unspecified atom stereocenters. The van der Waals surface area contributed by atoms with E-state index in [9.17, 15) is 19.2 Å². The monoisotopic (exact) mass is 418 g/mol. The summed E-state index contributed by atoms with van der Waals surface area (Å²) in [5.41, 5.74) is 3.43. The third-order valence-corrected chi connectivity index (χ3v) is 4.52. The van der Waals surface area contributed by atoms with Crippen LogP contribution in [0, 0.1) is 24.1 Å². The zero-order chi connectivity index (χ0) is 22.5. The third-order valence-electron chi connectivity index (χ3n) is 4.52. The topological polar surface area (TPSA) is 103 Å². The Kier molecular flexibility index (Phi) is 6.21. The van der Waals surface area contributed by atoms with Crippen LogP contribution in [0.25, 0.3) is 5.69 Å². The van der Waals surface area contributed by atoms with Gasteiger partial charge in [-0.3, -0.25) is 9.59 Å². The summed E-state index contributed by atoms with van der Waals surface area (Å²) in [6.07, 6.45) is 1.47. The fourth-order valence-electron chi connectivity index (χ4n) is 2.79. The van der Waals surface area contributed by atoms with Gasteiger partial charge in [-0.2, -0.15) is 20.1 Å². The van der Waals surface area contributed by atoms with Crippen molar-refractivity contribution in [1.29, 1.82) is 5.26 Å². The molecule has 2 aromatic carbocycles. The Morgan fingerprint density at radius 2 is 1.84 bits per heavy atom. The minimum atomic E-state index is -0.701. The van der Waals surface area contributed by atoms with E-state index in [0.29, 0.717) is 0 Å². The molecule has 0 bridgehead atoms. The van der Waals surface area contributed by atoms with Crippen LogP contribution in [0.5, 0.6) is 0 Å². The van der Waals surface area contributed by atoms with Crippen LogP contribution in [0.4, 0.5) is 10.1 Å². The molecule has 9 heteroatoms. The van der Waals surface area contributed by atoms with Crippen LogP contribution >= 0.6 is 0 Å². The van der Waals surface area contributed by atoms with Gasteiger partial charge in [0.05, 0.1) is 11.9 Å². The van der Waals surface area contributed by atoms with E-state index in [1.54, 1.807) is 6.07 Å². The van der Waals surface area contributed by atoms with Crippen molar-refractivity contribution in [3.05, 3.63) is 87.1 Å². The predicted octanol–water partition coefficient (Wildman–Crippen LogP) is 2.38. The van der Waals surface area contributed by atoms with Crippen LogP contribution < -0.4 is 15.9 Å². The largest absolute Gasteiger partial charge is 0.378 e. The Morgan fingerprint density at radius 1 is 1.19 bits per heavy atom. The molecule has 1 N–H and O–H groups in total. The van der Waals surface area contributed by atoms with Crippen molar-refractivity contribution in [1.82, 2.24) is 15.2 Å². The molecule has 0 saturated heterocycles. The van der Waals surface area contributed by atoms with E-state index in [4.69, 9.17) is 0 Å². The number of hydrogen-bond donors (Lipinski definition) is 1. The molecule has 31 heavy (non-hydrogen) atoms. The lowest BCUT2D eigenvalue weighted by atomic mass is 10.1. The first kappa shape index (κ1) is 21.4. The third kappa shape index (κ3) is 4.64. The molecule has 3 rings (SSSR count). The summed E-state index contributed by atoms with van der Waals surface area (Å²) in [6, 6.07) is 14.3. The average Bonchev–Trinajstić information content (AvgIpc) is 2.75. The first-order chi connectivity index (χ1) is 14.8. The molecule has 0 aliphatic heterocycles. The highest BCUT2D eigenvalue weighted by atomic mass is 19.1. The lowest BCUT2D eigenvalue weighted by Crippen LogP contribution is -2.31. The van der Waals surface area contributed by atoms with Crippen LogP contribution in [-0.4, -0.2) is 36.0 Å². The van der Waals surface area contributed by atoms with Gasteiger partial charge in [-0.05, 0) is 48.9 Å². The number of nitrogens with one attached hydrogen (secondary N) is 1. The van der Waals surface area contributed by atoms with Crippen molar-refractivity contribution < 1.29 is 9.18 Å². The van der Waals surface area contributed by atoms with Gasteiger partial charge >= 0.3 is 0 Å². The van der Waals surface area contributed by atoms with Gasteiger partial charge in [0.25, 0.3) is 11.5 Å². The predicted molar refractivity (Wildman–Crippen MR) is 115 cm³/mol. The summed E-state index contributed by atoms with van der Waals surface area (Å²) in [4.78, 5) is 27.2. The molecule has 1 heterocycles. The van der Waals surface area contributed by atoms with Crippen molar-refractivity contribution in [3.8, 4) is 11.8 Å². The molecule has 0 fully saturated rings. The van der Waals surface area contributed by atoms with Crippen LogP contribution in [0.1, 0.15) is 27.2 Å². The number of benzene rings is 2. The Bertz CT molecular complexity index is 1240. The van der Waals surface area contributed by atoms with Crippen molar-refractivity contribution in [2.24, 2.45) is 5.10 Å². The Balaban J connectivity index is 1.89. The van der Waals surface area contributed by atoms with E-state index in [1.807, 2.05) is 43.3 Å². The second kappa shape index (κ2) is 9.00. The quantitative estimate of drug-likeness (QED) is 0.506. The van der Waals surface area contributed by atoms with Crippen molar-refractivity contribution in [2.45, 2.75) is 6.92 Å². The van der Waals surface area contributed by atoms with Gasteiger partial charge in [0.15, 0.2) is 5.69 Å². The lowest BCUT2D eigenvalue weighted by Gasteiger charge is -2.11. The van der Waals surface area contributed by atoms with Gasteiger partial charge < -0.3 is 4.90 Å². The van der Waals surface area contributed by atoms with E-state index < -0.39 is 17.3 Å². The highest BCUT2D eigenvalue weighted by Gasteiger charge is 2.20. The minimum absolute atomic E-state index is 0.133. The first-order valence-corrected chi connectivity index (χ1v) is 9.22. The van der Waals surface area contributed by atoms with E-state index in [-0.39, 0.29) is 22.5 Å². The highest BCUT2D eigenvalue weighted by Crippen LogP contribution is 2.12. The van der Waals surface area contributed by atoms with Crippen molar-refractivity contribution in [2.75, 3.05) is 19.0 Å². The highest BCUT2D eigenvalue weighted by molar-refractivity contribution is 5.94. The number of halogens is 1. The maximum Gasteiger partial charge on any atom is 0.292 e.